The molecule has 0 aliphatic heterocycles. The van der Waals surface area contributed by atoms with Crippen LogP contribution in [0.15, 0.2) is 39.4 Å². The number of nitrogens with two attached hydrogens (primary N) is 1. The minimum atomic E-state index is -0.300. The summed E-state index contributed by atoms with van der Waals surface area (Å²) in [5.74, 6) is 0.348. The monoisotopic (exact) mass is 295 g/mol. The molecule has 0 atom stereocenters. The van der Waals surface area contributed by atoms with Crippen LogP contribution >= 0.6 is 15.9 Å². The van der Waals surface area contributed by atoms with Crippen molar-refractivity contribution >= 4 is 27.4 Å². The second-order valence-corrected chi connectivity index (χ2v) is 4.14. The van der Waals surface area contributed by atoms with Crippen LogP contribution in [0, 0.1) is 0 Å². The van der Waals surface area contributed by atoms with E-state index in [0.29, 0.717) is 21.7 Å². The Labute approximate surface area is 106 Å². The summed E-state index contributed by atoms with van der Waals surface area (Å²) in [5.41, 5.74) is 6.47. The zero-order valence-corrected chi connectivity index (χ0v) is 10.7. The van der Waals surface area contributed by atoms with Crippen LogP contribution in [-0.4, -0.2) is 12.9 Å². The Kier molecular flexibility index (Phi) is 3.19. The van der Waals surface area contributed by atoms with Crippen molar-refractivity contribution in [2.45, 2.75) is 0 Å². The van der Waals surface area contributed by atoms with Crippen molar-refractivity contribution in [3.05, 3.63) is 46.3 Å². The van der Waals surface area contributed by atoms with Gasteiger partial charge in [0.15, 0.2) is 10.4 Å². The second-order valence-electron chi connectivity index (χ2n) is 3.36. The molecule has 0 spiro atoms. The molecule has 1 heterocycles. The predicted molar refractivity (Wildman–Crippen MR) is 67.2 cm³/mol. The van der Waals surface area contributed by atoms with E-state index in [1.165, 1.54) is 7.11 Å². The smallest absolute Gasteiger partial charge is 0.234 e. The summed E-state index contributed by atoms with van der Waals surface area (Å²) in [6, 6.07) is 8.29. The maximum atomic E-state index is 12.2. The lowest BCUT2D eigenvalue weighted by molar-refractivity contribution is 0.101. The summed E-state index contributed by atoms with van der Waals surface area (Å²) in [6.45, 7) is 0. The van der Waals surface area contributed by atoms with E-state index >= 15 is 0 Å². The van der Waals surface area contributed by atoms with E-state index in [1.807, 2.05) is 0 Å². The normalized spacial score (nSPS) is 10.2. The lowest BCUT2D eigenvalue weighted by Crippen LogP contribution is -2.06. The number of ether oxygens (including phenoxy) is 1. The largest absolute Gasteiger partial charge is 0.496 e. The Balaban J connectivity index is 2.50. The van der Waals surface area contributed by atoms with Gasteiger partial charge >= 0.3 is 0 Å². The summed E-state index contributed by atoms with van der Waals surface area (Å²) in [6.07, 6.45) is 0. The van der Waals surface area contributed by atoms with E-state index in [0.717, 1.165) is 0 Å². The number of carbonyl (C=O) groups is 1. The number of halogens is 1. The average molecular weight is 296 g/mol. The highest BCUT2D eigenvalue weighted by molar-refractivity contribution is 9.10. The summed E-state index contributed by atoms with van der Waals surface area (Å²) in [5, 5.41) is 0. The fourth-order valence-electron chi connectivity index (χ4n) is 1.52. The Bertz CT molecular complexity index is 563. The fourth-order valence-corrected chi connectivity index (χ4v) is 1.83. The molecular formula is C12H10BrNO3. The third-order valence-electron chi connectivity index (χ3n) is 2.30. The van der Waals surface area contributed by atoms with Gasteiger partial charge in [-0.05, 0) is 40.2 Å². The van der Waals surface area contributed by atoms with Gasteiger partial charge in [0, 0.05) is 5.69 Å². The van der Waals surface area contributed by atoms with Crippen molar-refractivity contribution in [1.82, 2.24) is 0 Å². The number of benzene rings is 1. The maximum absolute atomic E-state index is 12.2. The molecule has 2 rings (SSSR count). The molecule has 2 N–H and O–H groups in total. The Morgan fingerprint density at radius 1 is 1.35 bits per heavy atom. The molecule has 4 nitrogen and oxygen atoms in total. The number of nitrogen functional groups attached to an aromatic ring is 1. The van der Waals surface area contributed by atoms with Crippen LogP contribution in [-0.2, 0) is 0 Å². The molecule has 0 amide bonds. The molecule has 0 bridgehead atoms. The Hall–Kier alpha value is -1.75. The first-order chi connectivity index (χ1) is 8.13. The SMILES string of the molecule is COc1cccc(N)c1C(=O)c1ccc(Br)o1. The van der Waals surface area contributed by atoms with Gasteiger partial charge in [0.1, 0.15) is 5.75 Å². The van der Waals surface area contributed by atoms with Gasteiger partial charge in [-0.25, -0.2) is 0 Å². The molecular weight excluding hydrogens is 286 g/mol. The summed E-state index contributed by atoms with van der Waals surface area (Å²) < 4.78 is 10.8. The molecule has 0 fully saturated rings. The molecule has 5 heteroatoms. The van der Waals surface area contributed by atoms with Gasteiger partial charge in [0.05, 0.1) is 12.7 Å². The van der Waals surface area contributed by atoms with E-state index < -0.39 is 0 Å². The van der Waals surface area contributed by atoms with E-state index in [4.69, 9.17) is 14.9 Å². The number of anilines is 1. The van der Waals surface area contributed by atoms with Crippen LogP contribution in [0.5, 0.6) is 5.75 Å². The van der Waals surface area contributed by atoms with E-state index in [1.54, 1.807) is 30.3 Å². The highest BCUT2D eigenvalue weighted by atomic mass is 79.9. The van der Waals surface area contributed by atoms with Crippen molar-refractivity contribution in [2.75, 3.05) is 12.8 Å². The minimum Gasteiger partial charge on any atom is -0.496 e. The van der Waals surface area contributed by atoms with Crippen LogP contribution < -0.4 is 10.5 Å². The quantitative estimate of drug-likeness (QED) is 0.698. The molecule has 0 unspecified atom stereocenters. The van der Waals surface area contributed by atoms with E-state index in [-0.39, 0.29) is 11.5 Å². The van der Waals surface area contributed by atoms with Crippen molar-refractivity contribution in [2.24, 2.45) is 0 Å². The first kappa shape index (κ1) is 11.7. The predicted octanol–water partition coefficient (Wildman–Crippen LogP) is 2.86. The van der Waals surface area contributed by atoms with Gasteiger partial charge in [0.2, 0.25) is 5.78 Å². The van der Waals surface area contributed by atoms with Gasteiger partial charge < -0.3 is 14.9 Å². The number of rotatable bonds is 3. The van der Waals surface area contributed by atoms with Crippen LogP contribution in [0.3, 0.4) is 0 Å². The molecule has 88 valence electrons. The molecule has 1 aromatic heterocycles. The molecule has 0 saturated heterocycles. The van der Waals surface area contributed by atoms with Gasteiger partial charge in [-0.2, -0.15) is 0 Å². The van der Waals surface area contributed by atoms with E-state index in [9.17, 15) is 4.79 Å². The number of furan rings is 1. The van der Waals surface area contributed by atoms with Crippen LogP contribution in [0.1, 0.15) is 16.1 Å². The highest BCUT2D eigenvalue weighted by Crippen LogP contribution is 2.28. The zero-order chi connectivity index (χ0) is 12.4. The number of carbonyl (C=O) groups excluding carboxylic acids is 1. The maximum Gasteiger partial charge on any atom is 0.234 e. The fraction of sp³-hybridized carbons (Fsp3) is 0.0833. The molecule has 2 aromatic rings. The number of methoxy groups -OCH3 is 1. The minimum absolute atomic E-state index is 0.216. The van der Waals surface area contributed by atoms with Gasteiger partial charge in [0.25, 0.3) is 0 Å². The summed E-state index contributed by atoms with van der Waals surface area (Å²) in [7, 11) is 1.49. The summed E-state index contributed by atoms with van der Waals surface area (Å²) >= 11 is 3.15. The van der Waals surface area contributed by atoms with Gasteiger partial charge in [-0.1, -0.05) is 6.07 Å². The van der Waals surface area contributed by atoms with Crippen molar-refractivity contribution < 1.29 is 13.9 Å². The molecule has 1 aromatic carbocycles. The van der Waals surface area contributed by atoms with Crippen LogP contribution in [0.25, 0.3) is 0 Å². The Morgan fingerprint density at radius 3 is 2.71 bits per heavy atom. The van der Waals surface area contributed by atoms with Gasteiger partial charge in [-0.15, -0.1) is 0 Å². The van der Waals surface area contributed by atoms with Crippen LogP contribution in [0.4, 0.5) is 5.69 Å². The number of ketones is 1. The molecule has 0 radical (unpaired) electrons. The second kappa shape index (κ2) is 4.63. The number of hydrogen-bond donors (Lipinski definition) is 1. The number of hydrogen-bond acceptors (Lipinski definition) is 4. The van der Waals surface area contributed by atoms with Crippen molar-refractivity contribution in [3.8, 4) is 5.75 Å². The standard InChI is InChI=1S/C12H10BrNO3/c1-16-8-4-2-3-7(14)11(8)12(15)9-5-6-10(13)17-9/h2-6H,14H2,1H3. The first-order valence-electron chi connectivity index (χ1n) is 4.86. The average Bonchev–Trinajstić information content (AvgIpc) is 2.74. The van der Waals surface area contributed by atoms with E-state index in [2.05, 4.69) is 15.9 Å². The van der Waals surface area contributed by atoms with Gasteiger partial charge in [-0.3, -0.25) is 4.79 Å². The molecule has 17 heavy (non-hydrogen) atoms. The molecule has 0 aliphatic carbocycles. The molecule has 0 aliphatic rings. The topological polar surface area (TPSA) is 65.5 Å². The first-order valence-corrected chi connectivity index (χ1v) is 5.65. The zero-order valence-electron chi connectivity index (χ0n) is 9.07. The highest BCUT2D eigenvalue weighted by Gasteiger charge is 2.20. The third-order valence-corrected chi connectivity index (χ3v) is 2.73. The van der Waals surface area contributed by atoms with Crippen molar-refractivity contribution in [1.29, 1.82) is 0 Å². The lowest BCUT2D eigenvalue weighted by Gasteiger charge is -2.08. The third kappa shape index (κ3) is 2.19. The van der Waals surface area contributed by atoms with Crippen molar-refractivity contribution in [3.63, 3.8) is 0 Å². The summed E-state index contributed by atoms with van der Waals surface area (Å²) in [4.78, 5) is 12.2. The Morgan fingerprint density at radius 2 is 2.12 bits per heavy atom. The molecule has 0 saturated carbocycles. The lowest BCUT2D eigenvalue weighted by atomic mass is 10.1. The van der Waals surface area contributed by atoms with Crippen LogP contribution in [0.2, 0.25) is 0 Å².